The second kappa shape index (κ2) is 10.0. The summed E-state index contributed by atoms with van der Waals surface area (Å²) < 4.78 is 0. The van der Waals surface area contributed by atoms with Crippen molar-refractivity contribution in [2.75, 3.05) is 6.54 Å². The van der Waals surface area contributed by atoms with Crippen molar-refractivity contribution < 1.29 is 9.90 Å². The first-order valence-corrected chi connectivity index (χ1v) is 10.8. The summed E-state index contributed by atoms with van der Waals surface area (Å²) in [6.45, 7) is 0.651. The minimum absolute atomic E-state index is 0.0486. The average Bonchev–Trinajstić information content (AvgIpc) is 2.81. The Bertz CT molecular complexity index is 1250. The van der Waals surface area contributed by atoms with Crippen LogP contribution in [0.2, 0.25) is 10.0 Å². The quantitative estimate of drug-likeness (QED) is 0.348. The Kier molecular flexibility index (Phi) is 6.90. The number of rotatable bonds is 7. The number of carbonyl (C=O) groups is 1. The molecular formula is C25H21Cl2N3O2. The molecule has 0 aliphatic carbocycles. The molecule has 1 heterocycles. The highest BCUT2D eigenvalue weighted by molar-refractivity contribution is 6.35. The van der Waals surface area contributed by atoms with Crippen LogP contribution < -0.4 is 10.6 Å². The number of pyridine rings is 1. The van der Waals surface area contributed by atoms with Gasteiger partial charge in [0.05, 0.1) is 17.6 Å². The van der Waals surface area contributed by atoms with Crippen LogP contribution in [0, 0.1) is 0 Å². The van der Waals surface area contributed by atoms with Crippen molar-refractivity contribution in [2.24, 2.45) is 0 Å². The first-order chi connectivity index (χ1) is 15.5. The number of amides is 1. The summed E-state index contributed by atoms with van der Waals surface area (Å²) in [5.74, 6) is -0.296. The summed E-state index contributed by atoms with van der Waals surface area (Å²) in [4.78, 5) is 17.1. The highest BCUT2D eigenvalue weighted by atomic mass is 35.5. The monoisotopic (exact) mass is 465 g/mol. The lowest BCUT2D eigenvalue weighted by Gasteiger charge is -2.23. The summed E-state index contributed by atoms with van der Waals surface area (Å²) in [6.07, 6.45) is 1.58. The molecule has 1 unspecified atom stereocenters. The molecule has 1 atom stereocenters. The van der Waals surface area contributed by atoms with E-state index in [9.17, 15) is 9.90 Å². The van der Waals surface area contributed by atoms with Crippen LogP contribution in [0.5, 0.6) is 5.75 Å². The van der Waals surface area contributed by atoms with Crippen molar-refractivity contribution in [2.45, 2.75) is 12.6 Å². The largest absolute Gasteiger partial charge is 0.505 e. The summed E-state index contributed by atoms with van der Waals surface area (Å²) in [5.41, 5.74) is 2.51. The molecule has 0 saturated carbocycles. The van der Waals surface area contributed by atoms with E-state index in [2.05, 4.69) is 15.6 Å². The number of phenols is 1. The van der Waals surface area contributed by atoms with Crippen LogP contribution in [0.25, 0.3) is 10.9 Å². The summed E-state index contributed by atoms with van der Waals surface area (Å²) in [5, 5.41) is 18.6. The number of aromatic hydroxyl groups is 1. The van der Waals surface area contributed by atoms with Gasteiger partial charge in [-0.3, -0.25) is 9.78 Å². The van der Waals surface area contributed by atoms with E-state index in [4.69, 9.17) is 23.2 Å². The normalized spacial score (nSPS) is 11.9. The molecule has 0 fully saturated rings. The van der Waals surface area contributed by atoms with Gasteiger partial charge in [-0.2, -0.15) is 0 Å². The summed E-state index contributed by atoms with van der Waals surface area (Å²) >= 11 is 12.9. The second-order valence-corrected chi connectivity index (χ2v) is 8.12. The van der Waals surface area contributed by atoms with E-state index in [0.717, 1.165) is 5.56 Å². The van der Waals surface area contributed by atoms with Crippen LogP contribution in [0.1, 0.15) is 22.7 Å². The molecule has 32 heavy (non-hydrogen) atoms. The molecule has 1 aromatic heterocycles. The summed E-state index contributed by atoms with van der Waals surface area (Å²) in [6, 6.07) is 21.5. The Labute approximate surface area is 196 Å². The van der Waals surface area contributed by atoms with E-state index in [1.165, 1.54) is 0 Å². The number of phenolic OH excluding ortho intramolecular Hbond substituents is 1. The fourth-order valence-corrected chi connectivity index (χ4v) is 4.10. The molecule has 0 aliphatic rings. The van der Waals surface area contributed by atoms with Gasteiger partial charge in [0, 0.05) is 28.7 Å². The van der Waals surface area contributed by atoms with Gasteiger partial charge in [0.1, 0.15) is 11.3 Å². The van der Waals surface area contributed by atoms with Crippen molar-refractivity contribution >= 4 is 40.0 Å². The molecule has 0 bridgehead atoms. The zero-order valence-electron chi connectivity index (χ0n) is 17.1. The predicted molar refractivity (Wildman–Crippen MR) is 128 cm³/mol. The maximum Gasteiger partial charge on any atom is 0.234 e. The molecule has 5 nitrogen and oxygen atoms in total. The van der Waals surface area contributed by atoms with Crippen LogP contribution in [0.4, 0.5) is 0 Å². The van der Waals surface area contributed by atoms with Gasteiger partial charge >= 0.3 is 0 Å². The molecule has 1 amide bonds. The maximum absolute atomic E-state index is 12.8. The number of halogens is 2. The third-order valence-corrected chi connectivity index (χ3v) is 5.79. The number of fused-ring (bicyclic) bond motifs is 1. The fourth-order valence-electron chi connectivity index (χ4n) is 3.59. The van der Waals surface area contributed by atoms with Crippen molar-refractivity contribution in [1.29, 1.82) is 0 Å². The molecule has 7 heteroatoms. The number of benzene rings is 3. The molecule has 0 saturated heterocycles. The average molecular weight is 466 g/mol. The molecule has 0 aliphatic heterocycles. The minimum atomic E-state index is -0.710. The van der Waals surface area contributed by atoms with Gasteiger partial charge in [0.2, 0.25) is 5.91 Å². The predicted octanol–water partition coefficient (Wildman–Crippen LogP) is 5.24. The maximum atomic E-state index is 12.8. The van der Waals surface area contributed by atoms with Gasteiger partial charge in [-0.1, -0.05) is 71.7 Å². The second-order valence-electron chi connectivity index (χ2n) is 7.31. The Morgan fingerprint density at radius 3 is 2.47 bits per heavy atom. The lowest BCUT2D eigenvalue weighted by atomic mass is 9.96. The zero-order valence-corrected chi connectivity index (χ0v) is 18.6. The van der Waals surface area contributed by atoms with E-state index >= 15 is 0 Å². The van der Waals surface area contributed by atoms with Crippen molar-refractivity contribution in [3.63, 3.8) is 0 Å². The van der Waals surface area contributed by atoms with E-state index in [1.54, 1.807) is 42.6 Å². The van der Waals surface area contributed by atoms with E-state index in [0.29, 0.717) is 38.6 Å². The van der Waals surface area contributed by atoms with Crippen LogP contribution in [-0.2, 0) is 11.3 Å². The van der Waals surface area contributed by atoms with Gasteiger partial charge in [-0.05, 0) is 35.4 Å². The lowest BCUT2D eigenvalue weighted by molar-refractivity contribution is -0.120. The molecule has 162 valence electrons. The summed E-state index contributed by atoms with van der Waals surface area (Å²) in [7, 11) is 0. The van der Waals surface area contributed by atoms with Crippen LogP contribution >= 0.6 is 23.2 Å². The smallest absolute Gasteiger partial charge is 0.234 e. The Hall–Kier alpha value is -3.12. The topological polar surface area (TPSA) is 74.2 Å². The van der Waals surface area contributed by atoms with Crippen LogP contribution in [0.3, 0.4) is 0 Å². The Morgan fingerprint density at radius 1 is 0.938 bits per heavy atom. The number of hydrogen-bond acceptors (Lipinski definition) is 4. The molecular weight excluding hydrogens is 445 g/mol. The van der Waals surface area contributed by atoms with Gasteiger partial charge < -0.3 is 15.7 Å². The van der Waals surface area contributed by atoms with Crippen molar-refractivity contribution in [3.05, 3.63) is 106 Å². The molecule has 0 radical (unpaired) electrons. The molecule has 4 rings (SSSR count). The van der Waals surface area contributed by atoms with Crippen molar-refractivity contribution in [3.8, 4) is 5.75 Å². The fraction of sp³-hybridized carbons (Fsp3) is 0.120. The van der Waals surface area contributed by atoms with E-state index in [1.807, 2.05) is 36.4 Å². The molecule has 3 aromatic carbocycles. The highest BCUT2D eigenvalue weighted by Gasteiger charge is 2.24. The minimum Gasteiger partial charge on any atom is -0.505 e. The van der Waals surface area contributed by atoms with Gasteiger partial charge in [0.25, 0.3) is 0 Å². The van der Waals surface area contributed by atoms with Gasteiger partial charge in [-0.25, -0.2) is 0 Å². The van der Waals surface area contributed by atoms with Crippen molar-refractivity contribution in [1.82, 2.24) is 15.6 Å². The SMILES string of the molecule is O=C(CNCc1ccccc1)NC(c1ccccc1Cl)c1cc(Cl)c2cccnc2c1O. The third-order valence-electron chi connectivity index (χ3n) is 5.14. The molecule has 0 spiro atoms. The van der Waals surface area contributed by atoms with Gasteiger partial charge in [0.15, 0.2) is 0 Å². The number of aromatic nitrogens is 1. The first-order valence-electron chi connectivity index (χ1n) is 10.1. The van der Waals surface area contributed by atoms with E-state index < -0.39 is 6.04 Å². The number of nitrogens with one attached hydrogen (secondary N) is 2. The Morgan fingerprint density at radius 2 is 1.69 bits per heavy atom. The first kappa shape index (κ1) is 22.1. The zero-order chi connectivity index (χ0) is 22.5. The third kappa shape index (κ3) is 4.86. The van der Waals surface area contributed by atoms with Gasteiger partial charge in [-0.15, -0.1) is 0 Å². The number of hydrogen-bond donors (Lipinski definition) is 3. The number of nitrogens with zero attached hydrogens (tertiary/aromatic N) is 1. The Balaban J connectivity index is 1.63. The van der Waals surface area contributed by atoms with E-state index in [-0.39, 0.29) is 18.2 Å². The van der Waals surface area contributed by atoms with Crippen LogP contribution in [-0.4, -0.2) is 22.5 Å². The van der Waals surface area contributed by atoms with Crippen LogP contribution in [0.15, 0.2) is 79.0 Å². The lowest BCUT2D eigenvalue weighted by Crippen LogP contribution is -2.36. The number of carbonyl (C=O) groups excluding carboxylic acids is 1. The molecule has 3 N–H and O–H groups in total. The highest BCUT2D eigenvalue weighted by Crippen LogP contribution is 2.39. The standard InChI is InChI=1S/C25H21Cl2N3O2/c26-20-11-5-4-9-17(20)23(30-22(31)15-28-14-16-7-2-1-3-8-16)19-13-21(27)18-10-6-12-29-24(18)25(19)32/h1-13,23,28,32H,14-15H2,(H,30,31). The molecule has 4 aromatic rings.